The van der Waals surface area contributed by atoms with Gasteiger partial charge < -0.3 is 4.18 Å². The second-order valence-corrected chi connectivity index (χ2v) is 9.25. The van der Waals surface area contributed by atoms with Gasteiger partial charge in [0.25, 0.3) is 10.0 Å². The fourth-order valence-electron chi connectivity index (χ4n) is 1.76. The van der Waals surface area contributed by atoms with Crippen molar-refractivity contribution >= 4 is 31.5 Å². The Bertz CT molecular complexity index is 920. The lowest BCUT2D eigenvalue weighted by Gasteiger charge is -2.15. The minimum Gasteiger partial charge on any atom is -0.376 e. The van der Waals surface area contributed by atoms with Gasteiger partial charge in [0.2, 0.25) is 0 Å². The average molecular weight is 415 g/mol. The van der Waals surface area contributed by atoms with E-state index in [4.69, 9.17) is 0 Å². The molecule has 0 saturated carbocycles. The summed E-state index contributed by atoms with van der Waals surface area (Å²) in [6.07, 6.45) is 0. The highest BCUT2D eigenvalue weighted by atomic mass is 32.2. The van der Waals surface area contributed by atoms with Gasteiger partial charge in [-0.3, -0.25) is 0 Å². The molecule has 0 amide bonds. The third-order valence-corrected chi connectivity index (χ3v) is 6.88. The maximum atomic E-state index is 12.3. The largest absolute Gasteiger partial charge is 0.534 e. The highest BCUT2D eigenvalue weighted by molar-refractivity contribution is 7.91. The van der Waals surface area contributed by atoms with Gasteiger partial charge in [0.05, 0.1) is 0 Å². The number of rotatable bonds is 6. The minimum atomic E-state index is -5.75. The van der Waals surface area contributed by atoms with Crippen molar-refractivity contribution in [3.8, 4) is 5.75 Å². The Morgan fingerprint density at radius 3 is 2.16 bits per heavy atom. The first-order valence-electron chi connectivity index (χ1n) is 6.59. The van der Waals surface area contributed by atoms with Crippen LogP contribution in [0.4, 0.5) is 13.2 Å². The van der Waals surface area contributed by atoms with Crippen molar-refractivity contribution in [3.63, 3.8) is 0 Å². The van der Waals surface area contributed by atoms with Crippen molar-refractivity contribution in [2.24, 2.45) is 0 Å². The van der Waals surface area contributed by atoms with Crippen LogP contribution in [0.25, 0.3) is 0 Å². The van der Waals surface area contributed by atoms with Crippen LogP contribution < -0.4 is 8.91 Å². The summed E-state index contributed by atoms with van der Waals surface area (Å²) in [7, 11) is -9.48. The second-order valence-electron chi connectivity index (χ2n) is 4.83. The smallest absolute Gasteiger partial charge is 0.376 e. The number of alkyl halides is 3. The highest BCUT2D eigenvalue weighted by Gasteiger charge is 2.48. The lowest BCUT2D eigenvalue weighted by Crippen LogP contribution is -2.28. The molecule has 0 unspecified atom stereocenters. The van der Waals surface area contributed by atoms with Crippen molar-refractivity contribution in [1.29, 1.82) is 0 Å². The van der Waals surface area contributed by atoms with Crippen molar-refractivity contribution < 1.29 is 34.2 Å². The molecule has 2 rings (SSSR count). The molecule has 0 bridgehead atoms. The van der Waals surface area contributed by atoms with E-state index in [0.717, 1.165) is 23.5 Å². The van der Waals surface area contributed by atoms with Crippen LogP contribution in [-0.2, 0) is 20.1 Å². The molecular formula is C13H12F3NO5S3. The van der Waals surface area contributed by atoms with Crippen LogP contribution in [-0.4, -0.2) is 22.3 Å². The number of halogens is 3. The number of benzene rings is 1. The van der Waals surface area contributed by atoms with Crippen LogP contribution in [0.1, 0.15) is 18.5 Å². The molecule has 1 aromatic heterocycles. The molecule has 138 valence electrons. The molecule has 12 heteroatoms. The molecule has 0 spiro atoms. The van der Waals surface area contributed by atoms with Crippen LogP contribution in [0.2, 0.25) is 0 Å². The van der Waals surface area contributed by atoms with Crippen LogP contribution in [0.5, 0.6) is 5.75 Å². The maximum absolute atomic E-state index is 12.3. The summed E-state index contributed by atoms with van der Waals surface area (Å²) in [5.74, 6) is -0.533. The van der Waals surface area contributed by atoms with Gasteiger partial charge in [-0.05, 0) is 36.1 Å². The Hall–Kier alpha value is -1.63. The van der Waals surface area contributed by atoms with E-state index in [-0.39, 0.29) is 4.21 Å². The van der Waals surface area contributed by atoms with E-state index >= 15 is 0 Å². The van der Waals surface area contributed by atoms with Crippen LogP contribution in [0.15, 0.2) is 46.0 Å². The van der Waals surface area contributed by atoms with Gasteiger partial charge in [0, 0.05) is 6.04 Å². The third kappa shape index (κ3) is 4.71. The standard InChI is InChI=1S/C13H12F3NO5S3/c1-9(17-24(18,19)12-3-2-8-23-12)10-4-6-11(7-5-10)22-25(20,21)13(14,15)16/h2-9,17H,1H3/t9-/m1/s1. The SMILES string of the molecule is C[C@@H](NS(=O)(=O)c1cccs1)c1ccc(OS(=O)(=O)C(F)(F)F)cc1. The van der Waals surface area contributed by atoms with Gasteiger partial charge in [-0.25, -0.2) is 13.1 Å². The fourth-order valence-corrected chi connectivity index (χ4v) is 4.46. The lowest BCUT2D eigenvalue weighted by molar-refractivity contribution is -0.0500. The zero-order valence-corrected chi connectivity index (χ0v) is 15.0. The van der Waals surface area contributed by atoms with E-state index < -0.39 is 37.4 Å². The maximum Gasteiger partial charge on any atom is 0.534 e. The normalized spacial score (nSPS) is 14.2. The first kappa shape index (κ1) is 19.7. The monoisotopic (exact) mass is 415 g/mol. The summed E-state index contributed by atoms with van der Waals surface area (Å²) >= 11 is 1.03. The predicted molar refractivity (Wildman–Crippen MR) is 85.1 cm³/mol. The van der Waals surface area contributed by atoms with Crippen LogP contribution in [0, 0.1) is 0 Å². The molecule has 0 aliphatic heterocycles. The van der Waals surface area contributed by atoms with Gasteiger partial charge in [-0.2, -0.15) is 21.6 Å². The highest BCUT2D eigenvalue weighted by Crippen LogP contribution is 2.28. The second kappa shape index (κ2) is 6.94. The summed E-state index contributed by atoms with van der Waals surface area (Å²) in [5.41, 5.74) is -5.12. The van der Waals surface area contributed by atoms with E-state index in [2.05, 4.69) is 8.91 Å². The zero-order chi connectivity index (χ0) is 18.9. The molecule has 1 N–H and O–H groups in total. The van der Waals surface area contributed by atoms with Crippen molar-refractivity contribution in [1.82, 2.24) is 4.72 Å². The van der Waals surface area contributed by atoms with Crippen molar-refractivity contribution in [2.75, 3.05) is 0 Å². The molecule has 25 heavy (non-hydrogen) atoms. The number of thiophene rings is 1. The summed E-state index contributed by atoms with van der Waals surface area (Å²) in [6, 6.07) is 6.87. The average Bonchev–Trinajstić information content (AvgIpc) is 3.01. The van der Waals surface area contributed by atoms with E-state index in [9.17, 15) is 30.0 Å². The van der Waals surface area contributed by atoms with E-state index in [1.807, 2.05) is 0 Å². The van der Waals surface area contributed by atoms with Gasteiger partial charge in [0.1, 0.15) is 9.96 Å². The molecule has 0 saturated heterocycles. The first-order chi connectivity index (χ1) is 11.4. The van der Waals surface area contributed by atoms with Crippen LogP contribution in [0.3, 0.4) is 0 Å². The van der Waals surface area contributed by atoms with Gasteiger partial charge in [0.15, 0.2) is 0 Å². The van der Waals surface area contributed by atoms with Crippen LogP contribution >= 0.6 is 11.3 Å². The van der Waals surface area contributed by atoms with Gasteiger partial charge in [-0.1, -0.05) is 18.2 Å². The fraction of sp³-hybridized carbons (Fsp3) is 0.231. The molecule has 0 fully saturated rings. The Morgan fingerprint density at radius 1 is 1.08 bits per heavy atom. The van der Waals surface area contributed by atoms with E-state index in [0.29, 0.717) is 5.56 Å². The van der Waals surface area contributed by atoms with E-state index in [1.165, 1.54) is 25.1 Å². The van der Waals surface area contributed by atoms with Crippen molar-refractivity contribution in [2.45, 2.75) is 22.7 Å². The van der Waals surface area contributed by atoms with Crippen molar-refractivity contribution in [3.05, 3.63) is 47.3 Å². The number of hydrogen-bond acceptors (Lipinski definition) is 6. The van der Waals surface area contributed by atoms with E-state index in [1.54, 1.807) is 11.4 Å². The zero-order valence-electron chi connectivity index (χ0n) is 12.5. The third-order valence-electron chi connectivity index (χ3n) is 2.96. The van der Waals surface area contributed by atoms with Gasteiger partial charge >= 0.3 is 15.6 Å². The molecule has 1 atom stereocenters. The molecule has 0 radical (unpaired) electrons. The number of nitrogens with one attached hydrogen (secondary N) is 1. The lowest BCUT2D eigenvalue weighted by atomic mass is 10.1. The van der Waals surface area contributed by atoms with Gasteiger partial charge in [-0.15, -0.1) is 11.3 Å². The molecule has 1 aromatic carbocycles. The summed E-state index contributed by atoms with van der Waals surface area (Å²) in [5, 5.41) is 1.60. The number of hydrogen-bond donors (Lipinski definition) is 1. The molecule has 0 aliphatic rings. The Kier molecular flexibility index (Phi) is 5.47. The Labute approximate surface area is 146 Å². The molecule has 6 nitrogen and oxygen atoms in total. The first-order valence-corrected chi connectivity index (χ1v) is 10.4. The molecule has 0 aliphatic carbocycles. The number of sulfonamides is 1. The Balaban J connectivity index is 2.12. The summed E-state index contributed by atoms with van der Waals surface area (Å²) < 4.78 is 89.3. The quantitative estimate of drug-likeness (QED) is 0.579. The molecule has 1 heterocycles. The summed E-state index contributed by atoms with van der Waals surface area (Å²) in [4.78, 5) is 0. The summed E-state index contributed by atoms with van der Waals surface area (Å²) in [6.45, 7) is 1.54. The Morgan fingerprint density at radius 2 is 1.68 bits per heavy atom. The minimum absolute atomic E-state index is 0.121. The predicted octanol–water partition coefficient (Wildman–Crippen LogP) is 3.02. The topological polar surface area (TPSA) is 89.5 Å². The molecular weight excluding hydrogens is 403 g/mol. The molecule has 2 aromatic rings.